The molecule has 0 saturated carbocycles. The molecule has 2 aromatic carbocycles. The summed E-state index contributed by atoms with van der Waals surface area (Å²) in [6.07, 6.45) is 3.09. The number of hydrogen-bond donors (Lipinski definition) is 2. The molecule has 0 aliphatic carbocycles. The van der Waals surface area contributed by atoms with Crippen molar-refractivity contribution in [3.63, 3.8) is 0 Å². The zero-order chi connectivity index (χ0) is 19.7. The zero-order valence-corrected chi connectivity index (χ0v) is 15.5. The fourth-order valence-corrected chi connectivity index (χ4v) is 3.43. The van der Waals surface area contributed by atoms with Gasteiger partial charge in [-0.05, 0) is 53.1 Å². The molecule has 2 aromatic heterocycles. The maximum atomic E-state index is 13.0. The van der Waals surface area contributed by atoms with Crippen molar-refractivity contribution in [3.05, 3.63) is 88.1 Å². The van der Waals surface area contributed by atoms with E-state index in [1.165, 1.54) is 10.9 Å². The first-order valence-electron chi connectivity index (χ1n) is 8.66. The van der Waals surface area contributed by atoms with E-state index < -0.39 is 6.04 Å². The van der Waals surface area contributed by atoms with Crippen LogP contribution in [0.1, 0.15) is 11.6 Å². The smallest absolute Gasteiger partial charge is 0.261 e. The second-order valence-corrected chi connectivity index (χ2v) is 6.85. The lowest BCUT2D eigenvalue weighted by Crippen LogP contribution is -2.28. The Hall–Kier alpha value is -3.22. The predicted molar refractivity (Wildman–Crippen MR) is 110 cm³/mol. The number of pyridine rings is 1. The summed E-state index contributed by atoms with van der Waals surface area (Å²) in [4.78, 5) is 21.5. The molecule has 1 atom stereocenters. The number of halogens is 1. The summed E-state index contributed by atoms with van der Waals surface area (Å²) in [6, 6.07) is 15.5. The third kappa shape index (κ3) is 3.35. The Labute approximate surface area is 165 Å². The van der Waals surface area contributed by atoms with Crippen molar-refractivity contribution in [2.24, 2.45) is 0 Å². The van der Waals surface area contributed by atoms with Crippen molar-refractivity contribution in [3.8, 4) is 11.1 Å². The van der Waals surface area contributed by atoms with E-state index in [0.29, 0.717) is 21.7 Å². The van der Waals surface area contributed by atoms with Crippen molar-refractivity contribution >= 4 is 28.3 Å². The topological polar surface area (TPSA) is 94.0 Å². The van der Waals surface area contributed by atoms with Crippen LogP contribution < -0.4 is 11.3 Å². The number of rotatable bonds is 4. The first-order chi connectivity index (χ1) is 13.6. The maximum absolute atomic E-state index is 13.0. The molecule has 140 valence electrons. The Morgan fingerprint density at radius 3 is 2.64 bits per heavy atom. The summed E-state index contributed by atoms with van der Waals surface area (Å²) in [5.41, 5.74) is 8.61. The second-order valence-electron chi connectivity index (χ2n) is 6.41. The van der Waals surface area contributed by atoms with Gasteiger partial charge in [-0.25, -0.2) is 9.97 Å². The van der Waals surface area contributed by atoms with Crippen molar-refractivity contribution in [2.75, 3.05) is 12.3 Å². The molecule has 4 rings (SSSR count). The minimum Gasteiger partial charge on any atom is -0.394 e. The van der Waals surface area contributed by atoms with Gasteiger partial charge >= 0.3 is 0 Å². The van der Waals surface area contributed by atoms with Gasteiger partial charge in [0.05, 0.1) is 29.9 Å². The van der Waals surface area contributed by atoms with Gasteiger partial charge < -0.3 is 10.8 Å². The number of nitrogen functional groups attached to an aromatic ring is 1. The second kappa shape index (κ2) is 7.42. The van der Waals surface area contributed by atoms with Crippen LogP contribution in [0, 0.1) is 0 Å². The molecule has 2 heterocycles. The van der Waals surface area contributed by atoms with E-state index in [1.54, 1.807) is 36.5 Å². The molecule has 0 aliphatic heterocycles. The van der Waals surface area contributed by atoms with Gasteiger partial charge in [0.15, 0.2) is 0 Å². The van der Waals surface area contributed by atoms with Crippen molar-refractivity contribution in [2.45, 2.75) is 6.04 Å². The van der Waals surface area contributed by atoms with E-state index >= 15 is 0 Å². The monoisotopic (exact) mass is 392 g/mol. The van der Waals surface area contributed by atoms with Crippen LogP contribution in [0.4, 0.5) is 5.82 Å². The molecule has 0 radical (unpaired) electrons. The summed E-state index contributed by atoms with van der Waals surface area (Å²) in [5.74, 6) is 0.424. The summed E-state index contributed by atoms with van der Waals surface area (Å²) in [5, 5.41) is 10.9. The van der Waals surface area contributed by atoms with Crippen molar-refractivity contribution < 1.29 is 5.11 Å². The SMILES string of the molecule is Nc1cc(-c2ccc3c(=O)n(C(CO)c4cccc(Cl)c4)cnc3c2)ccn1. The Kier molecular flexibility index (Phi) is 4.81. The van der Waals surface area contributed by atoms with E-state index in [4.69, 9.17) is 17.3 Å². The average Bonchev–Trinajstić information content (AvgIpc) is 2.70. The zero-order valence-electron chi connectivity index (χ0n) is 14.8. The van der Waals surface area contributed by atoms with Gasteiger partial charge in [0, 0.05) is 11.2 Å². The molecular formula is C21H17ClN4O2. The lowest BCUT2D eigenvalue weighted by molar-refractivity contribution is 0.246. The van der Waals surface area contributed by atoms with Gasteiger partial charge in [-0.15, -0.1) is 0 Å². The predicted octanol–water partition coefficient (Wildman–Crippen LogP) is 3.28. The first-order valence-corrected chi connectivity index (χ1v) is 9.04. The third-order valence-electron chi connectivity index (χ3n) is 4.64. The Balaban J connectivity index is 1.81. The van der Waals surface area contributed by atoms with Crippen LogP contribution in [0.5, 0.6) is 0 Å². The van der Waals surface area contributed by atoms with Crippen LogP contribution in [-0.4, -0.2) is 26.2 Å². The van der Waals surface area contributed by atoms with E-state index in [-0.39, 0.29) is 12.2 Å². The number of anilines is 1. The number of aromatic nitrogens is 3. The van der Waals surface area contributed by atoms with Crippen LogP contribution in [0.25, 0.3) is 22.0 Å². The molecule has 0 amide bonds. The third-order valence-corrected chi connectivity index (χ3v) is 4.88. The lowest BCUT2D eigenvalue weighted by atomic mass is 10.0. The fraction of sp³-hybridized carbons (Fsp3) is 0.0952. The lowest BCUT2D eigenvalue weighted by Gasteiger charge is -2.18. The molecular weight excluding hydrogens is 376 g/mol. The quantitative estimate of drug-likeness (QED) is 0.555. The number of aliphatic hydroxyl groups excluding tert-OH is 1. The van der Waals surface area contributed by atoms with Crippen molar-refractivity contribution in [1.29, 1.82) is 0 Å². The molecule has 0 fully saturated rings. The standard InChI is InChI=1S/C21H17ClN4O2/c22-16-3-1-2-15(8-16)19(11-27)26-12-25-18-9-13(4-5-17(18)21(26)28)14-6-7-24-20(23)10-14/h1-10,12,19,27H,11H2,(H2,23,24). The number of fused-ring (bicyclic) bond motifs is 1. The molecule has 3 N–H and O–H groups in total. The van der Waals surface area contributed by atoms with Crippen LogP contribution in [0.2, 0.25) is 5.02 Å². The maximum Gasteiger partial charge on any atom is 0.261 e. The average molecular weight is 393 g/mol. The van der Waals surface area contributed by atoms with Gasteiger partial charge in [0.25, 0.3) is 5.56 Å². The molecule has 0 saturated heterocycles. The summed E-state index contributed by atoms with van der Waals surface area (Å²) < 4.78 is 1.43. The number of nitrogens with two attached hydrogens (primary N) is 1. The summed E-state index contributed by atoms with van der Waals surface area (Å²) >= 11 is 6.06. The Morgan fingerprint density at radius 1 is 1.07 bits per heavy atom. The normalized spacial score (nSPS) is 12.2. The molecule has 0 bridgehead atoms. The molecule has 28 heavy (non-hydrogen) atoms. The molecule has 4 aromatic rings. The highest BCUT2D eigenvalue weighted by molar-refractivity contribution is 6.30. The van der Waals surface area contributed by atoms with Gasteiger partial charge in [0.2, 0.25) is 0 Å². The fourth-order valence-electron chi connectivity index (χ4n) is 3.23. The molecule has 0 spiro atoms. The van der Waals surface area contributed by atoms with Gasteiger partial charge in [0.1, 0.15) is 5.82 Å². The molecule has 7 heteroatoms. The highest BCUT2D eigenvalue weighted by Gasteiger charge is 2.16. The number of nitrogens with zero attached hydrogens (tertiary/aromatic N) is 3. The highest BCUT2D eigenvalue weighted by atomic mass is 35.5. The van der Waals surface area contributed by atoms with E-state index in [0.717, 1.165) is 16.7 Å². The Bertz CT molecular complexity index is 1220. The van der Waals surface area contributed by atoms with Crippen LogP contribution >= 0.6 is 11.6 Å². The molecule has 1 unspecified atom stereocenters. The van der Waals surface area contributed by atoms with Crippen molar-refractivity contribution in [1.82, 2.24) is 14.5 Å². The summed E-state index contributed by atoms with van der Waals surface area (Å²) in [7, 11) is 0. The minimum atomic E-state index is -0.567. The van der Waals surface area contributed by atoms with E-state index in [1.807, 2.05) is 24.3 Å². The Morgan fingerprint density at radius 2 is 1.89 bits per heavy atom. The van der Waals surface area contributed by atoms with E-state index in [9.17, 15) is 9.90 Å². The van der Waals surface area contributed by atoms with Gasteiger partial charge in [-0.1, -0.05) is 29.8 Å². The van der Waals surface area contributed by atoms with Gasteiger partial charge in [-0.2, -0.15) is 0 Å². The number of aliphatic hydroxyl groups is 1. The largest absolute Gasteiger partial charge is 0.394 e. The van der Waals surface area contributed by atoms with E-state index in [2.05, 4.69) is 9.97 Å². The highest BCUT2D eigenvalue weighted by Crippen LogP contribution is 2.24. The minimum absolute atomic E-state index is 0.232. The summed E-state index contributed by atoms with van der Waals surface area (Å²) in [6.45, 7) is -0.248. The number of benzene rings is 2. The van der Waals surface area contributed by atoms with Gasteiger partial charge in [-0.3, -0.25) is 9.36 Å². The molecule has 0 aliphatic rings. The number of hydrogen-bond acceptors (Lipinski definition) is 5. The molecule has 6 nitrogen and oxygen atoms in total. The van der Waals surface area contributed by atoms with Crippen LogP contribution in [0.15, 0.2) is 71.9 Å². The van der Waals surface area contributed by atoms with Crippen LogP contribution in [0.3, 0.4) is 0 Å². The first kappa shape index (κ1) is 18.2. The van der Waals surface area contributed by atoms with Crippen LogP contribution in [-0.2, 0) is 0 Å².